The van der Waals surface area contributed by atoms with Gasteiger partial charge in [0.15, 0.2) is 0 Å². The molecule has 29 heavy (non-hydrogen) atoms. The van der Waals surface area contributed by atoms with Crippen LogP contribution in [0.2, 0.25) is 0 Å². The first-order valence-corrected chi connectivity index (χ1v) is 10.2. The summed E-state index contributed by atoms with van der Waals surface area (Å²) in [6.07, 6.45) is 1.43. The van der Waals surface area contributed by atoms with Gasteiger partial charge in [0.1, 0.15) is 17.5 Å². The molecule has 6 heteroatoms. The summed E-state index contributed by atoms with van der Waals surface area (Å²) in [7, 11) is 0. The van der Waals surface area contributed by atoms with E-state index >= 15 is 0 Å². The highest BCUT2D eigenvalue weighted by molar-refractivity contribution is 7.17. The van der Waals surface area contributed by atoms with E-state index in [0.717, 1.165) is 22.3 Å². The first kappa shape index (κ1) is 19.1. The molecule has 0 unspecified atom stereocenters. The number of aryl methyl sites for hydroxylation is 1. The molecule has 0 radical (unpaired) electrons. The molecule has 146 valence electrons. The minimum absolute atomic E-state index is 0.168. The maximum Gasteiger partial charge on any atom is 0.329 e. The quantitative estimate of drug-likeness (QED) is 0.451. The number of thiophene rings is 1. The Hall–Kier alpha value is -3.25. The molecule has 0 bridgehead atoms. The summed E-state index contributed by atoms with van der Waals surface area (Å²) in [4.78, 5) is 30.8. The fourth-order valence-electron chi connectivity index (χ4n) is 3.13. The number of esters is 1. The summed E-state index contributed by atoms with van der Waals surface area (Å²) in [5.41, 5.74) is 3.60. The second-order valence-corrected chi connectivity index (χ2v) is 7.78. The summed E-state index contributed by atoms with van der Waals surface area (Å²) in [5, 5.41) is 2.47. The lowest BCUT2D eigenvalue weighted by Gasteiger charge is -2.14. The SMILES string of the molecule is Cc1ccc(-c2csc3ncn([C@H](C)C(=O)OCc4ccccc4)c(=O)c23)cc1. The van der Waals surface area contributed by atoms with Crippen LogP contribution in [0, 0.1) is 6.92 Å². The van der Waals surface area contributed by atoms with E-state index in [0.29, 0.717) is 10.2 Å². The minimum atomic E-state index is -0.770. The maximum absolute atomic E-state index is 13.2. The van der Waals surface area contributed by atoms with Gasteiger partial charge in [-0.1, -0.05) is 60.2 Å². The van der Waals surface area contributed by atoms with Gasteiger partial charge in [-0.3, -0.25) is 9.36 Å². The molecule has 0 aliphatic carbocycles. The Morgan fingerprint density at radius 2 is 1.86 bits per heavy atom. The number of carbonyl (C=O) groups is 1. The van der Waals surface area contributed by atoms with Crippen molar-refractivity contribution in [3.05, 3.63) is 87.8 Å². The molecular weight excluding hydrogens is 384 g/mol. The van der Waals surface area contributed by atoms with E-state index in [2.05, 4.69) is 4.98 Å². The average Bonchev–Trinajstić information content (AvgIpc) is 3.18. The van der Waals surface area contributed by atoms with Crippen molar-refractivity contribution in [3.8, 4) is 11.1 Å². The number of aromatic nitrogens is 2. The molecule has 0 saturated carbocycles. The van der Waals surface area contributed by atoms with Crippen LogP contribution in [0.4, 0.5) is 0 Å². The molecule has 4 rings (SSSR count). The summed E-state index contributed by atoms with van der Waals surface area (Å²) in [6, 6.07) is 16.7. The van der Waals surface area contributed by atoms with Crippen molar-refractivity contribution in [2.75, 3.05) is 0 Å². The molecule has 0 saturated heterocycles. The van der Waals surface area contributed by atoms with E-state index in [1.165, 1.54) is 22.2 Å². The van der Waals surface area contributed by atoms with Crippen molar-refractivity contribution in [1.29, 1.82) is 0 Å². The molecule has 2 heterocycles. The van der Waals surface area contributed by atoms with Gasteiger partial charge in [0, 0.05) is 10.9 Å². The zero-order valence-electron chi connectivity index (χ0n) is 16.2. The van der Waals surface area contributed by atoms with Gasteiger partial charge in [0.25, 0.3) is 5.56 Å². The Bertz CT molecular complexity index is 1210. The van der Waals surface area contributed by atoms with Gasteiger partial charge < -0.3 is 4.74 Å². The Morgan fingerprint density at radius 1 is 1.14 bits per heavy atom. The third-order valence-corrected chi connectivity index (χ3v) is 5.75. The molecule has 4 aromatic rings. The maximum atomic E-state index is 13.2. The number of hydrogen-bond acceptors (Lipinski definition) is 5. The van der Waals surface area contributed by atoms with E-state index in [-0.39, 0.29) is 12.2 Å². The van der Waals surface area contributed by atoms with Gasteiger partial charge in [-0.2, -0.15) is 0 Å². The van der Waals surface area contributed by atoms with E-state index < -0.39 is 12.0 Å². The molecule has 1 atom stereocenters. The third kappa shape index (κ3) is 3.84. The van der Waals surface area contributed by atoms with Crippen LogP contribution in [0.25, 0.3) is 21.3 Å². The molecule has 2 aromatic heterocycles. The van der Waals surface area contributed by atoms with Crippen LogP contribution < -0.4 is 5.56 Å². The first-order valence-electron chi connectivity index (χ1n) is 9.30. The molecular formula is C23H20N2O3S. The number of nitrogens with zero attached hydrogens (tertiary/aromatic N) is 2. The van der Waals surface area contributed by atoms with Crippen LogP contribution in [-0.4, -0.2) is 15.5 Å². The second kappa shape index (κ2) is 8.01. The molecule has 5 nitrogen and oxygen atoms in total. The predicted molar refractivity (Wildman–Crippen MR) is 115 cm³/mol. The number of ether oxygens (including phenoxy) is 1. The van der Waals surface area contributed by atoms with Crippen molar-refractivity contribution in [1.82, 2.24) is 9.55 Å². The summed E-state index contributed by atoms with van der Waals surface area (Å²) < 4.78 is 6.74. The van der Waals surface area contributed by atoms with Crippen molar-refractivity contribution in [3.63, 3.8) is 0 Å². The van der Waals surface area contributed by atoms with Crippen LogP contribution in [0.15, 0.2) is 71.1 Å². The normalized spacial score (nSPS) is 12.1. The van der Waals surface area contributed by atoms with Crippen LogP contribution >= 0.6 is 11.3 Å². The minimum Gasteiger partial charge on any atom is -0.459 e. The van der Waals surface area contributed by atoms with Crippen LogP contribution in [0.5, 0.6) is 0 Å². The topological polar surface area (TPSA) is 61.2 Å². The standard InChI is InChI=1S/C23H20N2O3S/c1-15-8-10-18(11-9-15)19-13-29-21-20(19)22(26)25(14-24-21)16(2)23(27)28-12-17-6-4-3-5-7-17/h3-11,13-14,16H,12H2,1-2H3/t16-/m1/s1. The Labute approximate surface area is 172 Å². The van der Waals surface area contributed by atoms with E-state index in [1.807, 2.05) is 66.9 Å². The fraction of sp³-hybridized carbons (Fsp3) is 0.174. The van der Waals surface area contributed by atoms with Gasteiger partial charge in [-0.25, -0.2) is 9.78 Å². The molecule has 0 aliphatic rings. The van der Waals surface area contributed by atoms with Crippen molar-refractivity contribution in [2.45, 2.75) is 26.5 Å². The average molecular weight is 404 g/mol. The Morgan fingerprint density at radius 3 is 2.59 bits per heavy atom. The lowest BCUT2D eigenvalue weighted by molar-refractivity contribution is -0.148. The Balaban J connectivity index is 1.64. The number of fused-ring (bicyclic) bond motifs is 1. The zero-order chi connectivity index (χ0) is 20.4. The molecule has 0 N–H and O–H groups in total. The Kier molecular flexibility index (Phi) is 5.27. The van der Waals surface area contributed by atoms with Gasteiger partial charge in [0.05, 0.1) is 11.7 Å². The smallest absolute Gasteiger partial charge is 0.329 e. The lowest BCUT2D eigenvalue weighted by Crippen LogP contribution is -2.29. The summed E-state index contributed by atoms with van der Waals surface area (Å²) in [5.74, 6) is -0.468. The lowest BCUT2D eigenvalue weighted by atomic mass is 10.1. The highest BCUT2D eigenvalue weighted by Crippen LogP contribution is 2.31. The molecule has 2 aromatic carbocycles. The van der Waals surface area contributed by atoms with Gasteiger partial charge in [-0.05, 0) is 25.0 Å². The highest BCUT2D eigenvalue weighted by Gasteiger charge is 2.21. The van der Waals surface area contributed by atoms with Crippen molar-refractivity contribution in [2.24, 2.45) is 0 Å². The number of carbonyl (C=O) groups excluding carboxylic acids is 1. The molecule has 0 spiro atoms. The fourth-order valence-corrected chi connectivity index (χ4v) is 4.04. The molecule has 0 aliphatic heterocycles. The zero-order valence-corrected chi connectivity index (χ0v) is 17.0. The van der Waals surface area contributed by atoms with Crippen LogP contribution in [0.3, 0.4) is 0 Å². The van der Waals surface area contributed by atoms with Crippen LogP contribution in [0.1, 0.15) is 24.1 Å². The van der Waals surface area contributed by atoms with Gasteiger partial charge >= 0.3 is 5.97 Å². The summed E-state index contributed by atoms with van der Waals surface area (Å²) in [6.45, 7) is 3.84. The monoisotopic (exact) mass is 404 g/mol. The van der Waals surface area contributed by atoms with Crippen molar-refractivity contribution >= 4 is 27.5 Å². The summed E-state index contributed by atoms with van der Waals surface area (Å²) >= 11 is 1.42. The predicted octanol–water partition coefficient (Wildman–Crippen LogP) is 4.74. The largest absolute Gasteiger partial charge is 0.459 e. The van der Waals surface area contributed by atoms with E-state index in [4.69, 9.17) is 4.74 Å². The van der Waals surface area contributed by atoms with Gasteiger partial charge in [-0.15, -0.1) is 11.3 Å². The molecule has 0 amide bonds. The number of rotatable bonds is 5. The van der Waals surface area contributed by atoms with E-state index in [1.54, 1.807) is 6.92 Å². The van der Waals surface area contributed by atoms with E-state index in [9.17, 15) is 9.59 Å². The second-order valence-electron chi connectivity index (χ2n) is 6.92. The van der Waals surface area contributed by atoms with Gasteiger partial charge in [0.2, 0.25) is 0 Å². The van der Waals surface area contributed by atoms with Crippen molar-refractivity contribution < 1.29 is 9.53 Å². The first-order chi connectivity index (χ1) is 14.0. The number of hydrogen-bond donors (Lipinski definition) is 0. The highest BCUT2D eigenvalue weighted by atomic mass is 32.1. The molecule has 0 fully saturated rings. The van der Waals surface area contributed by atoms with Crippen LogP contribution in [-0.2, 0) is 16.1 Å². The number of benzene rings is 2. The third-order valence-electron chi connectivity index (χ3n) is 4.86.